The Morgan fingerprint density at radius 1 is 1.19 bits per heavy atom. The van der Waals surface area contributed by atoms with Crippen molar-refractivity contribution in [2.75, 3.05) is 14.1 Å². The van der Waals surface area contributed by atoms with Crippen LogP contribution in [0.15, 0.2) is 31.9 Å². The van der Waals surface area contributed by atoms with Gasteiger partial charge in [-0.25, -0.2) is 0 Å². The number of fused-ring (bicyclic) bond motifs is 3. The third-order valence-electron chi connectivity index (χ3n) is 6.62. The maximum Gasteiger partial charge on any atom is 0.255 e. The van der Waals surface area contributed by atoms with E-state index in [1.54, 1.807) is 20.2 Å². The maximum atomic E-state index is 13.6. The van der Waals surface area contributed by atoms with Gasteiger partial charge in [0.05, 0.1) is 16.1 Å². The normalized spacial score (nSPS) is 29.8. The molecule has 32 heavy (non-hydrogen) atoms. The minimum absolute atomic E-state index is 0.0301. The number of likely N-dealkylation sites (N-methyl/N-ethyl adjacent to an activating group) is 1. The number of aromatic hydroxyl groups is 1. The summed E-state index contributed by atoms with van der Waals surface area (Å²) in [5, 5.41) is 43.8. The summed E-state index contributed by atoms with van der Waals surface area (Å²) in [7, 11) is 3.11. The first-order valence-corrected chi connectivity index (χ1v) is 11.3. The summed E-state index contributed by atoms with van der Waals surface area (Å²) in [5.41, 5.74) is 2.23. The van der Waals surface area contributed by atoms with E-state index in [4.69, 9.17) is 5.73 Å². The number of hydrogen-bond donors (Lipinski definition) is 5. The predicted octanol–water partition coefficient (Wildman–Crippen LogP) is 1.49. The Hall–Kier alpha value is -2.21. The van der Waals surface area contributed by atoms with Crippen molar-refractivity contribution >= 4 is 55.1 Å². The van der Waals surface area contributed by atoms with Crippen LogP contribution >= 0.6 is 31.9 Å². The number of carbonyl (C=O) groups is 3. The third kappa shape index (κ3) is 2.84. The second kappa shape index (κ2) is 7.41. The highest BCUT2D eigenvalue weighted by atomic mass is 79.9. The second-order valence-corrected chi connectivity index (χ2v) is 10.2. The zero-order valence-corrected chi connectivity index (χ0v) is 20.2. The van der Waals surface area contributed by atoms with Gasteiger partial charge in [-0.05, 0) is 60.4 Å². The van der Waals surface area contributed by atoms with Crippen LogP contribution in [0.5, 0.6) is 5.75 Å². The van der Waals surface area contributed by atoms with E-state index in [0.29, 0.717) is 10.0 Å². The van der Waals surface area contributed by atoms with Gasteiger partial charge < -0.3 is 26.2 Å². The molecule has 3 aliphatic rings. The minimum Gasteiger partial charge on any atom is -0.508 e. The molecule has 0 bridgehead atoms. The summed E-state index contributed by atoms with van der Waals surface area (Å²) < 4.78 is 0.877. The summed E-state index contributed by atoms with van der Waals surface area (Å²) in [6.07, 6.45) is 0.283. The molecule has 0 saturated heterocycles. The van der Waals surface area contributed by atoms with Gasteiger partial charge in [-0.3, -0.25) is 19.3 Å². The van der Waals surface area contributed by atoms with Crippen molar-refractivity contribution < 1.29 is 34.8 Å². The highest BCUT2D eigenvalue weighted by Crippen LogP contribution is 2.54. The smallest absolute Gasteiger partial charge is 0.255 e. The number of benzene rings is 1. The molecular weight excluding hydrogens is 552 g/mol. The van der Waals surface area contributed by atoms with E-state index in [1.165, 1.54) is 4.90 Å². The summed E-state index contributed by atoms with van der Waals surface area (Å²) in [5.74, 6) is -6.69. The molecule has 3 aliphatic carbocycles. The average Bonchev–Trinajstić information content (AvgIpc) is 2.68. The zero-order chi connectivity index (χ0) is 23.9. The molecule has 1 amide bonds. The van der Waals surface area contributed by atoms with Gasteiger partial charge in [0.15, 0.2) is 11.4 Å². The van der Waals surface area contributed by atoms with Crippen LogP contribution in [0, 0.1) is 11.8 Å². The van der Waals surface area contributed by atoms with Crippen LogP contribution in [0.4, 0.5) is 0 Å². The van der Waals surface area contributed by atoms with Gasteiger partial charge in [0.25, 0.3) is 5.91 Å². The number of amides is 1. The first kappa shape index (κ1) is 23.0. The van der Waals surface area contributed by atoms with Crippen LogP contribution < -0.4 is 5.73 Å². The summed E-state index contributed by atoms with van der Waals surface area (Å²) in [6.45, 7) is 0. The molecule has 4 rings (SSSR count). The van der Waals surface area contributed by atoms with E-state index in [1.807, 2.05) is 0 Å². The van der Waals surface area contributed by atoms with E-state index < -0.39 is 58.0 Å². The van der Waals surface area contributed by atoms with E-state index in [0.717, 1.165) is 0 Å². The fraction of sp³-hybridized carbons (Fsp3) is 0.381. The van der Waals surface area contributed by atoms with Crippen molar-refractivity contribution in [3.8, 4) is 5.75 Å². The number of phenols is 1. The van der Waals surface area contributed by atoms with E-state index in [2.05, 4.69) is 31.9 Å². The summed E-state index contributed by atoms with van der Waals surface area (Å²) in [4.78, 5) is 40.0. The number of hydrogen-bond acceptors (Lipinski definition) is 8. The topological polar surface area (TPSA) is 161 Å². The highest BCUT2D eigenvalue weighted by Gasteiger charge is 2.64. The van der Waals surface area contributed by atoms with Crippen LogP contribution in [-0.2, 0) is 20.8 Å². The van der Waals surface area contributed by atoms with Gasteiger partial charge in [0.2, 0.25) is 5.78 Å². The quantitative estimate of drug-likeness (QED) is 0.333. The molecule has 11 heteroatoms. The average molecular weight is 572 g/mol. The number of phenolic OH excluding ortho intramolecular Hbond substituents is 1. The first-order chi connectivity index (χ1) is 14.8. The number of rotatable bonds is 2. The standard InChI is InChI=1S/C21H20Br2N2O7/c1-25(2)14-8-4-6-3-7-9(22)5-10(23)15(26)12(7)16(27)11(6)18(29)21(8,32)19(30)13(17(14)28)20(24)31/h5-6,8,14,26-27,30,32H,3-4H2,1-2H3,(H2,24,31)/t6-,8-,14-,21-/m0/s1. The summed E-state index contributed by atoms with van der Waals surface area (Å²) >= 11 is 6.61. The number of halogens is 2. The number of aliphatic hydroxyl groups excluding tert-OH is 2. The molecular formula is C21H20Br2N2O7. The molecule has 170 valence electrons. The second-order valence-electron chi connectivity index (χ2n) is 8.50. The van der Waals surface area contributed by atoms with Gasteiger partial charge in [-0.1, -0.05) is 15.9 Å². The lowest BCUT2D eigenvalue weighted by molar-refractivity contribution is -0.153. The van der Waals surface area contributed by atoms with Gasteiger partial charge in [0, 0.05) is 16.0 Å². The number of nitrogens with two attached hydrogens (primary N) is 1. The number of carbonyl (C=O) groups excluding carboxylic acids is 3. The van der Waals surface area contributed by atoms with Gasteiger partial charge in [0.1, 0.15) is 22.8 Å². The lowest BCUT2D eigenvalue weighted by Crippen LogP contribution is -2.65. The highest BCUT2D eigenvalue weighted by molar-refractivity contribution is 9.11. The lowest BCUT2D eigenvalue weighted by atomic mass is 9.57. The van der Waals surface area contributed by atoms with Crippen molar-refractivity contribution in [3.05, 3.63) is 43.0 Å². The van der Waals surface area contributed by atoms with Gasteiger partial charge >= 0.3 is 0 Å². The van der Waals surface area contributed by atoms with Crippen LogP contribution in [0.25, 0.3) is 5.76 Å². The van der Waals surface area contributed by atoms with E-state index in [9.17, 15) is 34.8 Å². The molecule has 1 saturated carbocycles. The SMILES string of the molecule is CN(C)[C@@H]1C(=O)C(C(N)=O)=C(O)[C@@]2(O)C(=O)C3=C(O)c4c(O)c(Br)cc(Br)c4C[C@H]3C[C@@H]12. The number of primary amides is 1. The molecule has 1 fully saturated rings. The van der Waals surface area contributed by atoms with Crippen molar-refractivity contribution in [1.82, 2.24) is 4.90 Å². The predicted molar refractivity (Wildman–Crippen MR) is 120 cm³/mol. The number of aliphatic hydroxyl groups is 3. The van der Waals surface area contributed by atoms with E-state index >= 15 is 0 Å². The number of Topliss-reactive ketones (excluding diaryl/α,β-unsaturated/α-hetero) is 2. The van der Waals surface area contributed by atoms with Crippen LogP contribution in [0.2, 0.25) is 0 Å². The number of ketones is 2. The van der Waals surface area contributed by atoms with Crippen LogP contribution in [0.1, 0.15) is 17.5 Å². The molecule has 0 aromatic heterocycles. The maximum absolute atomic E-state index is 13.6. The third-order valence-corrected chi connectivity index (χ3v) is 7.93. The fourth-order valence-corrected chi connectivity index (χ4v) is 6.56. The lowest BCUT2D eigenvalue weighted by Gasteiger charge is -2.50. The van der Waals surface area contributed by atoms with E-state index in [-0.39, 0.29) is 34.2 Å². The first-order valence-electron chi connectivity index (χ1n) is 9.68. The number of nitrogens with zero attached hydrogens (tertiary/aromatic N) is 1. The Morgan fingerprint density at radius 3 is 2.38 bits per heavy atom. The van der Waals surface area contributed by atoms with Crippen molar-refractivity contribution in [3.63, 3.8) is 0 Å². The largest absolute Gasteiger partial charge is 0.508 e. The van der Waals surface area contributed by atoms with Gasteiger partial charge in [-0.15, -0.1) is 0 Å². The Balaban J connectivity index is 2.00. The van der Waals surface area contributed by atoms with Crippen molar-refractivity contribution in [1.29, 1.82) is 0 Å². The molecule has 0 spiro atoms. The minimum atomic E-state index is -2.64. The molecule has 0 radical (unpaired) electrons. The van der Waals surface area contributed by atoms with Crippen molar-refractivity contribution in [2.24, 2.45) is 17.6 Å². The van der Waals surface area contributed by atoms with Crippen molar-refractivity contribution in [2.45, 2.75) is 24.5 Å². The van der Waals surface area contributed by atoms with Crippen LogP contribution in [-0.4, -0.2) is 68.5 Å². The zero-order valence-electron chi connectivity index (χ0n) is 17.0. The summed E-state index contributed by atoms with van der Waals surface area (Å²) in [6, 6.07) is 0.516. The Morgan fingerprint density at radius 2 is 1.81 bits per heavy atom. The Kier molecular flexibility index (Phi) is 5.32. The molecule has 0 aliphatic heterocycles. The molecule has 0 unspecified atom stereocenters. The molecule has 1 aromatic carbocycles. The Bertz CT molecular complexity index is 1170. The monoisotopic (exact) mass is 570 g/mol. The Labute approximate surface area is 199 Å². The molecule has 0 heterocycles. The van der Waals surface area contributed by atoms with Gasteiger partial charge in [-0.2, -0.15) is 0 Å². The molecule has 1 aromatic rings. The molecule has 4 atom stereocenters. The molecule has 9 nitrogen and oxygen atoms in total. The molecule has 6 N–H and O–H groups in total. The fourth-order valence-electron chi connectivity index (χ4n) is 5.24. The van der Waals surface area contributed by atoms with Crippen LogP contribution in [0.3, 0.4) is 0 Å².